The number of carbonyl (C=O) groups is 3. The molecular weight excluding hydrogens is 340 g/mol. The molecular formula is C17H24N4O5. The number of benzene rings is 1. The van der Waals surface area contributed by atoms with Crippen LogP contribution in [0.4, 0.5) is 4.79 Å². The minimum atomic E-state index is -1.05. The molecule has 142 valence electrons. The fraction of sp³-hybridized carbons (Fsp3) is 0.471. The lowest BCUT2D eigenvalue weighted by atomic mass is 10.0. The van der Waals surface area contributed by atoms with Gasteiger partial charge < -0.3 is 26.2 Å². The van der Waals surface area contributed by atoms with Crippen LogP contribution in [0.1, 0.15) is 11.1 Å². The van der Waals surface area contributed by atoms with Gasteiger partial charge in [0.25, 0.3) is 0 Å². The number of nitrogens with two attached hydrogens (primary N) is 1. The Labute approximate surface area is 151 Å². The second kappa shape index (κ2) is 9.16. The van der Waals surface area contributed by atoms with E-state index in [-0.39, 0.29) is 19.0 Å². The van der Waals surface area contributed by atoms with Gasteiger partial charge in [0, 0.05) is 32.7 Å². The van der Waals surface area contributed by atoms with Gasteiger partial charge in [0.2, 0.25) is 0 Å². The molecule has 0 spiro atoms. The molecule has 1 aromatic rings. The first-order valence-electron chi connectivity index (χ1n) is 8.38. The highest BCUT2D eigenvalue weighted by Gasteiger charge is 2.22. The lowest BCUT2D eigenvalue weighted by Crippen LogP contribution is -2.52. The standard InChI is InChI=1S/C17H24N4O5/c18-14(16(24)25)9-12-2-1-3-13(8-12)10-19-17(26)21-6-4-20(5-7-21)11-15(22)23/h1-3,8,14H,4-7,9-11,18H2,(H,19,26)(H,22,23)(H,24,25). The Morgan fingerprint density at radius 2 is 1.77 bits per heavy atom. The third-order valence-corrected chi connectivity index (χ3v) is 4.23. The fourth-order valence-electron chi connectivity index (χ4n) is 2.80. The first-order valence-corrected chi connectivity index (χ1v) is 8.38. The van der Waals surface area contributed by atoms with Gasteiger partial charge in [-0.05, 0) is 17.5 Å². The molecule has 5 N–H and O–H groups in total. The molecule has 1 unspecified atom stereocenters. The summed E-state index contributed by atoms with van der Waals surface area (Å²) in [5.41, 5.74) is 7.20. The van der Waals surface area contributed by atoms with Crippen LogP contribution in [0.2, 0.25) is 0 Å². The van der Waals surface area contributed by atoms with Crippen molar-refractivity contribution in [2.45, 2.75) is 19.0 Å². The van der Waals surface area contributed by atoms with Crippen molar-refractivity contribution in [3.05, 3.63) is 35.4 Å². The quantitative estimate of drug-likeness (QED) is 0.514. The van der Waals surface area contributed by atoms with Gasteiger partial charge in [0.15, 0.2) is 0 Å². The summed E-state index contributed by atoms with van der Waals surface area (Å²) in [4.78, 5) is 37.2. The lowest BCUT2D eigenvalue weighted by Gasteiger charge is -2.33. The van der Waals surface area contributed by atoms with E-state index in [2.05, 4.69) is 5.32 Å². The van der Waals surface area contributed by atoms with Crippen LogP contribution in [0.5, 0.6) is 0 Å². The maximum Gasteiger partial charge on any atom is 0.320 e. The Morgan fingerprint density at radius 1 is 1.12 bits per heavy atom. The first kappa shape index (κ1) is 19.7. The van der Waals surface area contributed by atoms with Crippen molar-refractivity contribution in [1.29, 1.82) is 0 Å². The van der Waals surface area contributed by atoms with E-state index in [1.807, 2.05) is 12.1 Å². The van der Waals surface area contributed by atoms with Crippen LogP contribution in [0.15, 0.2) is 24.3 Å². The van der Waals surface area contributed by atoms with Crippen LogP contribution in [-0.4, -0.2) is 76.7 Å². The molecule has 1 saturated heterocycles. The van der Waals surface area contributed by atoms with Crippen LogP contribution in [0, 0.1) is 0 Å². The monoisotopic (exact) mass is 364 g/mol. The highest BCUT2D eigenvalue weighted by Crippen LogP contribution is 2.08. The zero-order chi connectivity index (χ0) is 19.1. The van der Waals surface area contributed by atoms with Crippen molar-refractivity contribution in [2.75, 3.05) is 32.7 Å². The van der Waals surface area contributed by atoms with Gasteiger partial charge in [-0.3, -0.25) is 14.5 Å². The minimum Gasteiger partial charge on any atom is -0.480 e. The van der Waals surface area contributed by atoms with Gasteiger partial charge in [-0.2, -0.15) is 0 Å². The number of nitrogens with one attached hydrogen (secondary N) is 1. The Bertz CT molecular complexity index is 658. The van der Waals surface area contributed by atoms with Crippen molar-refractivity contribution in [3.8, 4) is 0 Å². The lowest BCUT2D eigenvalue weighted by molar-refractivity contribution is -0.139. The predicted octanol–water partition coefficient (Wildman–Crippen LogP) is -0.447. The maximum atomic E-state index is 12.2. The molecule has 2 rings (SSSR count). The van der Waals surface area contributed by atoms with E-state index in [9.17, 15) is 14.4 Å². The molecule has 26 heavy (non-hydrogen) atoms. The van der Waals surface area contributed by atoms with E-state index in [0.717, 1.165) is 11.1 Å². The van der Waals surface area contributed by atoms with E-state index in [1.165, 1.54) is 0 Å². The average Bonchev–Trinajstić information content (AvgIpc) is 2.60. The van der Waals surface area contributed by atoms with Crippen LogP contribution >= 0.6 is 0 Å². The van der Waals surface area contributed by atoms with E-state index < -0.39 is 18.0 Å². The second-order valence-electron chi connectivity index (χ2n) is 6.28. The zero-order valence-electron chi connectivity index (χ0n) is 14.4. The van der Waals surface area contributed by atoms with Crippen molar-refractivity contribution in [1.82, 2.24) is 15.1 Å². The highest BCUT2D eigenvalue weighted by molar-refractivity contribution is 5.74. The molecule has 0 aromatic heterocycles. The predicted molar refractivity (Wildman–Crippen MR) is 93.6 cm³/mol. The molecule has 1 aliphatic rings. The number of piperazine rings is 1. The minimum absolute atomic E-state index is 0.0132. The third kappa shape index (κ3) is 6.01. The molecule has 1 aliphatic heterocycles. The van der Waals surface area contributed by atoms with Gasteiger partial charge in [0.1, 0.15) is 6.04 Å². The van der Waals surface area contributed by atoms with E-state index in [1.54, 1.807) is 21.9 Å². The normalized spacial score (nSPS) is 16.1. The molecule has 1 atom stereocenters. The van der Waals surface area contributed by atoms with Crippen molar-refractivity contribution in [2.24, 2.45) is 5.73 Å². The number of carboxylic acids is 2. The summed E-state index contributed by atoms with van der Waals surface area (Å²) in [6, 6.07) is 6.12. The molecule has 9 heteroatoms. The van der Waals surface area contributed by atoms with Crippen molar-refractivity contribution in [3.63, 3.8) is 0 Å². The Balaban J connectivity index is 1.80. The highest BCUT2D eigenvalue weighted by atomic mass is 16.4. The SMILES string of the molecule is NC(Cc1cccc(CNC(=O)N2CCN(CC(=O)O)CC2)c1)C(=O)O. The number of nitrogens with zero attached hydrogens (tertiary/aromatic N) is 2. The fourth-order valence-corrected chi connectivity index (χ4v) is 2.80. The second-order valence-corrected chi connectivity index (χ2v) is 6.28. The molecule has 0 radical (unpaired) electrons. The molecule has 1 heterocycles. The van der Waals surface area contributed by atoms with E-state index in [0.29, 0.717) is 32.7 Å². The van der Waals surface area contributed by atoms with Gasteiger partial charge in [-0.1, -0.05) is 24.3 Å². The number of carboxylic acid groups (broad SMARTS) is 2. The number of carbonyl (C=O) groups excluding carboxylic acids is 1. The van der Waals surface area contributed by atoms with Crippen molar-refractivity contribution >= 4 is 18.0 Å². The number of hydrogen-bond acceptors (Lipinski definition) is 5. The molecule has 9 nitrogen and oxygen atoms in total. The molecule has 0 aliphatic carbocycles. The van der Waals surface area contributed by atoms with E-state index in [4.69, 9.17) is 15.9 Å². The topological polar surface area (TPSA) is 136 Å². The molecule has 0 bridgehead atoms. The Morgan fingerprint density at radius 3 is 2.38 bits per heavy atom. The van der Waals surface area contributed by atoms with Crippen LogP contribution in [-0.2, 0) is 22.6 Å². The number of urea groups is 1. The number of rotatable bonds is 7. The van der Waals surface area contributed by atoms with E-state index >= 15 is 0 Å². The Hall–Kier alpha value is -2.65. The summed E-state index contributed by atoms with van der Waals surface area (Å²) in [7, 11) is 0. The number of aliphatic carboxylic acids is 2. The van der Waals surface area contributed by atoms with Gasteiger partial charge in [0.05, 0.1) is 6.54 Å². The zero-order valence-corrected chi connectivity index (χ0v) is 14.4. The number of amides is 2. The Kier molecular flexibility index (Phi) is 6.93. The van der Waals surface area contributed by atoms with Gasteiger partial charge in [-0.15, -0.1) is 0 Å². The van der Waals surface area contributed by atoms with Crippen molar-refractivity contribution < 1.29 is 24.6 Å². The maximum absolute atomic E-state index is 12.2. The summed E-state index contributed by atoms with van der Waals surface area (Å²) in [5, 5.41) is 20.5. The smallest absolute Gasteiger partial charge is 0.320 e. The summed E-state index contributed by atoms with van der Waals surface area (Å²) < 4.78 is 0. The molecule has 0 saturated carbocycles. The largest absolute Gasteiger partial charge is 0.480 e. The molecule has 2 amide bonds. The van der Waals surface area contributed by atoms with Gasteiger partial charge >= 0.3 is 18.0 Å². The summed E-state index contributed by atoms with van der Waals surface area (Å²) >= 11 is 0. The molecule has 1 fully saturated rings. The summed E-state index contributed by atoms with van der Waals surface area (Å²) in [6.07, 6.45) is 0.225. The van der Waals surface area contributed by atoms with Gasteiger partial charge in [-0.25, -0.2) is 4.79 Å². The molecule has 1 aromatic carbocycles. The van der Waals surface area contributed by atoms with Crippen LogP contribution < -0.4 is 11.1 Å². The summed E-state index contributed by atoms with van der Waals surface area (Å²) in [5.74, 6) is -1.92. The van der Waals surface area contributed by atoms with Crippen LogP contribution in [0.25, 0.3) is 0 Å². The summed E-state index contributed by atoms with van der Waals surface area (Å²) in [6.45, 7) is 2.33. The third-order valence-electron chi connectivity index (χ3n) is 4.23. The first-order chi connectivity index (χ1) is 12.3. The van der Waals surface area contributed by atoms with Crippen LogP contribution in [0.3, 0.4) is 0 Å². The average molecular weight is 364 g/mol. The number of hydrogen-bond donors (Lipinski definition) is 4.